The third kappa shape index (κ3) is 6.84. The smallest absolute Gasteiger partial charge is 0.343 e. The summed E-state index contributed by atoms with van der Waals surface area (Å²) in [6.45, 7) is 4.51. The number of aryl methyl sites for hydroxylation is 1. The summed E-state index contributed by atoms with van der Waals surface area (Å²) in [5.74, 6) is -1.28. The molecule has 0 saturated carbocycles. The Morgan fingerprint density at radius 1 is 1.00 bits per heavy atom. The highest BCUT2D eigenvalue weighted by molar-refractivity contribution is 7.16. The SMILES string of the molecule is CCOc1ccc(C(=O)Oc2ccc(C=NNC(=O)C(=O)Nc3sc4c(c3C#N)CCCC4)cc2OCC)cc1. The summed E-state index contributed by atoms with van der Waals surface area (Å²) in [5.41, 5.74) is 4.46. The second-order valence-electron chi connectivity index (χ2n) is 8.67. The minimum Gasteiger partial charge on any atom is -0.494 e. The van der Waals surface area contributed by atoms with Crippen LogP contribution in [0.4, 0.5) is 5.00 Å². The number of anilines is 1. The molecule has 0 radical (unpaired) electrons. The highest BCUT2D eigenvalue weighted by Gasteiger charge is 2.23. The molecule has 1 aliphatic carbocycles. The molecule has 10 nitrogen and oxygen atoms in total. The molecule has 3 aromatic rings. The molecule has 0 atom stereocenters. The van der Waals surface area contributed by atoms with Crippen molar-refractivity contribution in [3.8, 4) is 23.3 Å². The Labute approximate surface area is 235 Å². The van der Waals surface area contributed by atoms with Gasteiger partial charge in [-0.25, -0.2) is 10.2 Å². The Balaban J connectivity index is 1.37. The van der Waals surface area contributed by atoms with E-state index in [2.05, 4.69) is 21.9 Å². The maximum atomic E-state index is 12.6. The fourth-order valence-electron chi connectivity index (χ4n) is 4.12. The van der Waals surface area contributed by atoms with Crippen LogP contribution in [0.15, 0.2) is 47.6 Å². The summed E-state index contributed by atoms with van der Waals surface area (Å²) < 4.78 is 16.5. The van der Waals surface area contributed by atoms with Gasteiger partial charge in [0.15, 0.2) is 11.5 Å². The molecule has 11 heteroatoms. The third-order valence-electron chi connectivity index (χ3n) is 5.97. The topological polar surface area (TPSA) is 139 Å². The number of thiophene rings is 1. The van der Waals surface area contributed by atoms with Crippen LogP contribution in [0.5, 0.6) is 17.2 Å². The average molecular weight is 561 g/mol. The van der Waals surface area contributed by atoms with Crippen molar-refractivity contribution in [3.63, 3.8) is 0 Å². The molecule has 2 amide bonds. The molecule has 1 aliphatic rings. The molecule has 2 aromatic carbocycles. The maximum Gasteiger partial charge on any atom is 0.343 e. The number of nitrogens with one attached hydrogen (secondary N) is 2. The van der Waals surface area contributed by atoms with Gasteiger partial charge in [0.05, 0.1) is 30.6 Å². The molecule has 0 unspecified atom stereocenters. The van der Waals surface area contributed by atoms with E-state index in [9.17, 15) is 19.6 Å². The lowest BCUT2D eigenvalue weighted by Gasteiger charge is -2.11. The van der Waals surface area contributed by atoms with Gasteiger partial charge in [-0.2, -0.15) is 10.4 Å². The molecule has 0 fully saturated rings. The van der Waals surface area contributed by atoms with E-state index in [1.54, 1.807) is 49.4 Å². The molecular formula is C29H28N4O6S. The first-order valence-electron chi connectivity index (χ1n) is 12.8. The number of ether oxygens (including phenoxy) is 3. The van der Waals surface area contributed by atoms with Gasteiger partial charge >= 0.3 is 17.8 Å². The second-order valence-corrected chi connectivity index (χ2v) is 9.77. The monoisotopic (exact) mass is 560 g/mol. The van der Waals surface area contributed by atoms with Crippen molar-refractivity contribution in [3.05, 3.63) is 69.6 Å². The highest BCUT2D eigenvalue weighted by atomic mass is 32.1. The van der Waals surface area contributed by atoms with E-state index in [4.69, 9.17) is 14.2 Å². The van der Waals surface area contributed by atoms with Gasteiger partial charge in [-0.1, -0.05) is 0 Å². The van der Waals surface area contributed by atoms with Crippen LogP contribution in [-0.2, 0) is 22.4 Å². The van der Waals surface area contributed by atoms with E-state index in [0.717, 1.165) is 36.1 Å². The van der Waals surface area contributed by atoms with E-state index in [1.807, 2.05) is 6.92 Å². The summed E-state index contributed by atoms with van der Waals surface area (Å²) in [6.07, 6.45) is 5.03. The molecule has 0 aliphatic heterocycles. The zero-order valence-electron chi connectivity index (χ0n) is 22.1. The Bertz CT molecular complexity index is 1470. The molecule has 0 spiro atoms. The first kappa shape index (κ1) is 28.3. The van der Waals surface area contributed by atoms with Gasteiger partial charge in [0, 0.05) is 4.88 Å². The number of hydrogen-bond donors (Lipinski definition) is 2. The maximum absolute atomic E-state index is 12.6. The number of hydrazone groups is 1. The normalized spacial score (nSPS) is 12.2. The van der Waals surface area contributed by atoms with E-state index < -0.39 is 17.8 Å². The molecule has 1 aromatic heterocycles. The molecular weight excluding hydrogens is 532 g/mol. The lowest BCUT2D eigenvalue weighted by atomic mass is 9.96. The van der Waals surface area contributed by atoms with Crippen molar-refractivity contribution < 1.29 is 28.6 Å². The number of fused-ring (bicyclic) bond motifs is 1. The van der Waals surface area contributed by atoms with Crippen molar-refractivity contribution in [2.24, 2.45) is 5.10 Å². The number of carbonyl (C=O) groups excluding carboxylic acids is 3. The van der Waals surface area contributed by atoms with Crippen LogP contribution < -0.4 is 25.0 Å². The van der Waals surface area contributed by atoms with Crippen LogP contribution in [0.1, 0.15) is 58.6 Å². The number of amides is 2. The van der Waals surface area contributed by atoms with Gasteiger partial charge in [-0.05, 0) is 93.1 Å². The summed E-state index contributed by atoms with van der Waals surface area (Å²) in [6, 6.07) is 13.5. The predicted molar refractivity (Wildman–Crippen MR) is 150 cm³/mol. The van der Waals surface area contributed by atoms with Crippen molar-refractivity contribution in [2.45, 2.75) is 39.5 Å². The van der Waals surface area contributed by atoms with Gasteiger partial charge in [0.2, 0.25) is 0 Å². The van der Waals surface area contributed by atoms with Crippen molar-refractivity contribution in [1.29, 1.82) is 5.26 Å². The molecule has 1 heterocycles. The van der Waals surface area contributed by atoms with Crippen LogP contribution in [0, 0.1) is 11.3 Å². The van der Waals surface area contributed by atoms with E-state index in [1.165, 1.54) is 17.6 Å². The largest absolute Gasteiger partial charge is 0.494 e. The van der Waals surface area contributed by atoms with E-state index >= 15 is 0 Å². The number of nitrogens with zero attached hydrogens (tertiary/aromatic N) is 2. The highest BCUT2D eigenvalue weighted by Crippen LogP contribution is 2.37. The first-order valence-corrected chi connectivity index (χ1v) is 13.7. The predicted octanol–water partition coefficient (Wildman–Crippen LogP) is 4.60. The number of carbonyl (C=O) groups is 3. The zero-order valence-corrected chi connectivity index (χ0v) is 22.9. The van der Waals surface area contributed by atoms with Gasteiger partial charge < -0.3 is 19.5 Å². The van der Waals surface area contributed by atoms with Crippen LogP contribution >= 0.6 is 11.3 Å². The third-order valence-corrected chi connectivity index (χ3v) is 7.17. The fourth-order valence-corrected chi connectivity index (χ4v) is 5.35. The lowest BCUT2D eigenvalue weighted by molar-refractivity contribution is -0.136. The number of rotatable bonds is 9. The quantitative estimate of drug-likeness (QED) is 0.128. The van der Waals surface area contributed by atoms with Crippen LogP contribution in [-0.4, -0.2) is 37.2 Å². The molecule has 0 bridgehead atoms. The average Bonchev–Trinajstić information content (AvgIpc) is 3.31. The Morgan fingerprint density at radius 2 is 1.75 bits per heavy atom. The van der Waals surface area contributed by atoms with Crippen molar-refractivity contribution in [1.82, 2.24) is 5.43 Å². The van der Waals surface area contributed by atoms with Crippen molar-refractivity contribution >= 4 is 40.3 Å². The zero-order chi connectivity index (χ0) is 28.5. The fraction of sp³-hybridized carbons (Fsp3) is 0.276. The van der Waals surface area contributed by atoms with Crippen LogP contribution in [0.2, 0.25) is 0 Å². The van der Waals surface area contributed by atoms with Gasteiger partial charge in [-0.3, -0.25) is 9.59 Å². The Kier molecular flexibility index (Phi) is 9.48. The minimum atomic E-state index is -0.975. The Hall–Kier alpha value is -4.69. The number of nitriles is 1. The van der Waals surface area contributed by atoms with Gasteiger partial charge in [0.1, 0.15) is 16.8 Å². The molecule has 0 saturated heterocycles. The lowest BCUT2D eigenvalue weighted by Crippen LogP contribution is -2.32. The standard InChI is InChI=1S/C29H28N4O6S/c1-3-37-20-12-10-19(11-13-20)29(36)39-23-14-9-18(15-24(23)38-4-2)17-31-33-27(35)26(34)32-28-22(16-30)21-7-5-6-8-25(21)40-28/h9-15,17H,3-8H2,1-2H3,(H,32,34)(H,33,35). The van der Waals surface area contributed by atoms with Gasteiger partial charge in [0.25, 0.3) is 0 Å². The van der Waals surface area contributed by atoms with Gasteiger partial charge in [-0.15, -0.1) is 11.3 Å². The number of benzene rings is 2. The molecule has 206 valence electrons. The summed E-state index contributed by atoms with van der Waals surface area (Å²) in [7, 11) is 0. The van der Waals surface area contributed by atoms with Crippen molar-refractivity contribution in [2.75, 3.05) is 18.5 Å². The summed E-state index contributed by atoms with van der Waals surface area (Å²) in [5, 5.41) is 16.3. The summed E-state index contributed by atoms with van der Waals surface area (Å²) in [4.78, 5) is 38.4. The van der Waals surface area contributed by atoms with Crippen LogP contribution in [0.25, 0.3) is 0 Å². The molecule has 2 N–H and O–H groups in total. The van der Waals surface area contributed by atoms with E-state index in [-0.39, 0.29) is 5.75 Å². The van der Waals surface area contributed by atoms with E-state index in [0.29, 0.717) is 46.4 Å². The Morgan fingerprint density at radius 3 is 2.48 bits per heavy atom. The number of esters is 1. The summed E-state index contributed by atoms with van der Waals surface area (Å²) >= 11 is 1.34. The van der Waals surface area contributed by atoms with Crippen LogP contribution in [0.3, 0.4) is 0 Å². The molecule has 40 heavy (non-hydrogen) atoms. The second kappa shape index (κ2) is 13.4. The minimum absolute atomic E-state index is 0.216. The molecule has 4 rings (SSSR count). The number of hydrogen-bond acceptors (Lipinski definition) is 9. The first-order chi connectivity index (χ1) is 19.4.